The Balaban J connectivity index is 2.15. The summed E-state index contributed by atoms with van der Waals surface area (Å²) in [6.45, 7) is -0.826. The number of hydrogen-bond acceptors (Lipinski definition) is 3. The van der Waals surface area contributed by atoms with Gasteiger partial charge in [-0.05, 0) is 12.8 Å². The number of amides is 2. The van der Waals surface area contributed by atoms with Crippen LogP contribution in [0.25, 0.3) is 0 Å². The summed E-state index contributed by atoms with van der Waals surface area (Å²) >= 11 is 0. The van der Waals surface area contributed by atoms with Crippen LogP contribution in [0, 0.1) is 11.3 Å². The molecule has 1 unspecified atom stereocenters. The summed E-state index contributed by atoms with van der Waals surface area (Å²) in [4.78, 5) is 23.4. The number of rotatable bonds is 2. The Morgan fingerprint density at radius 2 is 2.06 bits per heavy atom. The normalized spacial score (nSPS) is 27.4. The first-order valence-corrected chi connectivity index (χ1v) is 5.39. The quantitative estimate of drug-likeness (QED) is 0.757. The smallest absolute Gasteiger partial charge is 0.405 e. The van der Waals surface area contributed by atoms with Crippen LogP contribution in [0.1, 0.15) is 19.3 Å². The number of alkyl halides is 2. The molecule has 0 radical (unpaired) electrons. The van der Waals surface area contributed by atoms with Crippen molar-refractivity contribution in [3.8, 4) is 6.07 Å². The Morgan fingerprint density at radius 1 is 1.44 bits per heavy atom. The molecule has 2 fully saturated rings. The molecule has 2 amide bonds. The molecule has 6 nitrogen and oxygen atoms in total. The van der Waals surface area contributed by atoms with Crippen molar-refractivity contribution < 1.29 is 23.5 Å². The lowest BCUT2D eigenvalue weighted by Crippen LogP contribution is -2.51. The number of hydrogen-bond donors (Lipinski definition) is 2. The van der Waals surface area contributed by atoms with Gasteiger partial charge in [0.25, 0.3) is 5.92 Å². The second kappa shape index (κ2) is 3.80. The first-order valence-electron chi connectivity index (χ1n) is 5.39. The van der Waals surface area contributed by atoms with Gasteiger partial charge in [0.05, 0.1) is 12.6 Å². The first-order chi connectivity index (χ1) is 8.30. The molecule has 1 saturated heterocycles. The molecule has 0 aromatic heterocycles. The molecule has 2 aliphatic rings. The molecular formula is C10H11F2N3O3. The fourth-order valence-electron chi connectivity index (χ4n) is 2.14. The van der Waals surface area contributed by atoms with E-state index in [9.17, 15) is 18.4 Å². The van der Waals surface area contributed by atoms with E-state index in [0.717, 1.165) is 4.90 Å². The zero-order chi connectivity index (χ0) is 13.6. The molecule has 0 aromatic carbocycles. The minimum absolute atomic E-state index is 0.276. The van der Waals surface area contributed by atoms with Crippen molar-refractivity contribution in [1.29, 1.82) is 5.26 Å². The highest BCUT2D eigenvalue weighted by molar-refractivity contribution is 5.93. The summed E-state index contributed by atoms with van der Waals surface area (Å²) in [5, 5.41) is 19.4. The molecule has 1 aliphatic heterocycles. The van der Waals surface area contributed by atoms with Gasteiger partial charge in [-0.3, -0.25) is 4.79 Å². The van der Waals surface area contributed by atoms with Gasteiger partial charge >= 0.3 is 6.09 Å². The average Bonchev–Trinajstić information content (AvgIpc) is 2.95. The number of nitrogens with one attached hydrogen (secondary N) is 1. The number of carbonyl (C=O) groups is 2. The average molecular weight is 259 g/mol. The number of halogens is 2. The van der Waals surface area contributed by atoms with Crippen molar-refractivity contribution in [2.45, 2.75) is 36.8 Å². The summed E-state index contributed by atoms with van der Waals surface area (Å²) in [5.74, 6) is -3.82. The fraction of sp³-hybridized carbons (Fsp3) is 0.700. The molecule has 1 saturated carbocycles. The predicted molar refractivity (Wildman–Crippen MR) is 53.8 cm³/mol. The maximum atomic E-state index is 13.2. The Labute approximate surface area is 101 Å². The van der Waals surface area contributed by atoms with Gasteiger partial charge in [-0.1, -0.05) is 0 Å². The molecule has 0 bridgehead atoms. The monoisotopic (exact) mass is 259 g/mol. The summed E-state index contributed by atoms with van der Waals surface area (Å²) in [6.07, 6.45) is -1.52. The van der Waals surface area contributed by atoms with Gasteiger partial charge in [0.2, 0.25) is 5.91 Å². The van der Waals surface area contributed by atoms with Crippen molar-refractivity contribution in [2.75, 3.05) is 6.54 Å². The third-order valence-electron chi connectivity index (χ3n) is 3.19. The van der Waals surface area contributed by atoms with E-state index in [2.05, 4.69) is 5.32 Å². The zero-order valence-corrected chi connectivity index (χ0v) is 9.32. The SMILES string of the molecule is N#CC1CC(F)(F)CN1C(=O)C1(NC(=O)O)CC1. The third-order valence-corrected chi connectivity index (χ3v) is 3.19. The molecule has 8 heteroatoms. The highest BCUT2D eigenvalue weighted by Crippen LogP contribution is 2.41. The van der Waals surface area contributed by atoms with E-state index in [1.807, 2.05) is 0 Å². The van der Waals surface area contributed by atoms with E-state index in [1.165, 1.54) is 0 Å². The predicted octanol–water partition coefficient (Wildman–Crippen LogP) is 0.546. The molecule has 98 valence electrons. The highest BCUT2D eigenvalue weighted by atomic mass is 19.3. The molecule has 0 spiro atoms. The van der Waals surface area contributed by atoms with E-state index in [-0.39, 0.29) is 12.8 Å². The summed E-state index contributed by atoms with van der Waals surface area (Å²) in [6, 6.07) is 0.460. The lowest BCUT2D eigenvalue weighted by atomic mass is 10.2. The minimum atomic E-state index is -3.09. The van der Waals surface area contributed by atoms with Gasteiger partial charge in [-0.15, -0.1) is 0 Å². The molecule has 2 rings (SSSR count). The Hall–Kier alpha value is -1.91. The van der Waals surface area contributed by atoms with Crippen LogP contribution in [0.2, 0.25) is 0 Å². The Bertz CT molecular complexity index is 442. The maximum absolute atomic E-state index is 13.2. The lowest BCUT2D eigenvalue weighted by Gasteiger charge is -2.24. The molecule has 0 aromatic rings. The summed E-state index contributed by atoms with van der Waals surface area (Å²) in [7, 11) is 0. The second-order valence-electron chi connectivity index (χ2n) is 4.65. The van der Waals surface area contributed by atoms with Crippen molar-refractivity contribution in [3.63, 3.8) is 0 Å². The number of nitriles is 1. The number of carboxylic acid groups (broad SMARTS) is 1. The van der Waals surface area contributed by atoms with Crippen molar-refractivity contribution >= 4 is 12.0 Å². The molecular weight excluding hydrogens is 248 g/mol. The van der Waals surface area contributed by atoms with Crippen LogP contribution in [-0.2, 0) is 4.79 Å². The van der Waals surface area contributed by atoms with Gasteiger partial charge < -0.3 is 15.3 Å². The second-order valence-corrected chi connectivity index (χ2v) is 4.65. The van der Waals surface area contributed by atoms with E-state index in [0.29, 0.717) is 0 Å². The lowest BCUT2D eigenvalue weighted by molar-refractivity contribution is -0.135. The van der Waals surface area contributed by atoms with Crippen molar-refractivity contribution in [1.82, 2.24) is 10.2 Å². The maximum Gasteiger partial charge on any atom is 0.405 e. The summed E-state index contributed by atoms with van der Waals surface area (Å²) in [5.41, 5.74) is -1.30. The van der Waals surface area contributed by atoms with E-state index >= 15 is 0 Å². The van der Waals surface area contributed by atoms with Crippen molar-refractivity contribution in [2.24, 2.45) is 0 Å². The van der Waals surface area contributed by atoms with Gasteiger partial charge in [0, 0.05) is 6.42 Å². The van der Waals surface area contributed by atoms with E-state index in [1.54, 1.807) is 6.07 Å². The number of likely N-dealkylation sites (tertiary alicyclic amines) is 1. The standard InChI is InChI=1S/C10H11F2N3O3/c11-10(12)3-6(4-13)15(5-10)7(16)9(1-2-9)14-8(17)18/h6,14H,1-3,5H2,(H,17,18). The van der Waals surface area contributed by atoms with Crippen LogP contribution >= 0.6 is 0 Å². The van der Waals surface area contributed by atoms with Gasteiger partial charge in [0.1, 0.15) is 11.6 Å². The van der Waals surface area contributed by atoms with Crippen LogP contribution in [0.5, 0.6) is 0 Å². The van der Waals surface area contributed by atoms with Crippen LogP contribution in [0.15, 0.2) is 0 Å². The highest BCUT2D eigenvalue weighted by Gasteiger charge is 2.58. The van der Waals surface area contributed by atoms with Gasteiger partial charge in [-0.25, -0.2) is 13.6 Å². The molecule has 1 aliphatic carbocycles. The van der Waals surface area contributed by atoms with Crippen LogP contribution in [0.4, 0.5) is 13.6 Å². The Morgan fingerprint density at radius 3 is 2.50 bits per heavy atom. The molecule has 1 atom stereocenters. The zero-order valence-electron chi connectivity index (χ0n) is 9.32. The van der Waals surface area contributed by atoms with Crippen molar-refractivity contribution in [3.05, 3.63) is 0 Å². The number of nitrogens with zero attached hydrogens (tertiary/aromatic N) is 2. The van der Waals surface area contributed by atoms with Gasteiger partial charge in [0.15, 0.2) is 0 Å². The molecule has 1 heterocycles. The van der Waals surface area contributed by atoms with Gasteiger partial charge in [-0.2, -0.15) is 5.26 Å². The molecule has 2 N–H and O–H groups in total. The molecule has 18 heavy (non-hydrogen) atoms. The third kappa shape index (κ3) is 2.08. The van der Waals surface area contributed by atoms with Crippen LogP contribution < -0.4 is 5.32 Å². The Kier molecular flexibility index (Phi) is 2.65. The topological polar surface area (TPSA) is 93.4 Å². The minimum Gasteiger partial charge on any atom is -0.465 e. The van der Waals surface area contributed by atoms with Crippen LogP contribution in [-0.4, -0.2) is 46.1 Å². The number of carbonyl (C=O) groups excluding carboxylic acids is 1. The fourth-order valence-corrected chi connectivity index (χ4v) is 2.14. The first kappa shape index (κ1) is 12.5. The summed E-state index contributed by atoms with van der Waals surface area (Å²) < 4.78 is 26.4. The largest absolute Gasteiger partial charge is 0.465 e. The van der Waals surface area contributed by atoms with E-state index in [4.69, 9.17) is 10.4 Å². The van der Waals surface area contributed by atoms with Crippen LogP contribution in [0.3, 0.4) is 0 Å². The van der Waals surface area contributed by atoms with E-state index < -0.39 is 42.5 Å².